The molecule has 98 valence electrons. The maximum Gasteiger partial charge on any atom is 0.255 e. The first-order valence-electron chi connectivity index (χ1n) is 6.30. The van der Waals surface area contributed by atoms with E-state index in [4.69, 9.17) is 0 Å². The van der Waals surface area contributed by atoms with Gasteiger partial charge in [0.25, 0.3) is 5.91 Å². The molecule has 0 fully saturated rings. The zero-order valence-electron chi connectivity index (χ0n) is 11.0. The lowest BCUT2D eigenvalue weighted by molar-refractivity contribution is 0.102. The number of aryl methyl sites for hydroxylation is 2. The predicted molar refractivity (Wildman–Crippen MR) is 73.0 cm³/mol. The zero-order chi connectivity index (χ0) is 13.4. The van der Waals surface area contributed by atoms with Crippen LogP contribution in [0.4, 0.5) is 5.69 Å². The van der Waals surface area contributed by atoms with Crippen molar-refractivity contribution >= 4 is 11.6 Å². The number of nitrogens with zero attached hydrogens (tertiary/aromatic N) is 1. The maximum atomic E-state index is 12.2. The SMILES string of the molecule is Cc1n[nH]c(C)c1NC(=O)c1ccc2c(c1)CNC2. The summed E-state index contributed by atoms with van der Waals surface area (Å²) in [6.45, 7) is 5.48. The number of carbonyl (C=O) groups is 1. The van der Waals surface area contributed by atoms with Crippen molar-refractivity contribution in [3.05, 3.63) is 46.3 Å². The molecule has 1 aromatic carbocycles. The van der Waals surface area contributed by atoms with E-state index in [2.05, 4.69) is 20.8 Å². The van der Waals surface area contributed by atoms with Crippen LogP contribution in [0.5, 0.6) is 0 Å². The molecule has 0 atom stereocenters. The van der Waals surface area contributed by atoms with Gasteiger partial charge in [-0.3, -0.25) is 9.89 Å². The van der Waals surface area contributed by atoms with E-state index in [1.54, 1.807) is 0 Å². The fourth-order valence-corrected chi connectivity index (χ4v) is 2.36. The number of aromatic nitrogens is 2. The number of carbonyl (C=O) groups excluding carboxylic acids is 1. The molecule has 0 spiro atoms. The van der Waals surface area contributed by atoms with Gasteiger partial charge in [-0.15, -0.1) is 0 Å². The summed E-state index contributed by atoms with van der Waals surface area (Å²) in [7, 11) is 0. The highest BCUT2D eigenvalue weighted by Gasteiger charge is 2.15. The Morgan fingerprint density at radius 1 is 1.26 bits per heavy atom. The molecule has 0 saturated heterocycles. The summed E-state index contributed by atoms with van der Waals surface area (Å²) in [6.07, 6.45) is 0. The van der Waals surface area contributed by atoms with Gasteiger partial charge in [0.15, 0.2) is 0 Å². The van der Waals surface area contributed by atoms with Crippen LogP contribution in [0.2, 0.25) is 0 Å². The first-order chi connectivity index (χ1) is 9.15. The summed E-state index contributed by atoms with van der Waals surface area (Å²) >= 11 is 0. The van der Waals surface area contributed by atoms with Crippen LogP contribution in [0.15, 0.2) is 18.2 Å². The van der Waals surface area contributed by atoms with Crippen molar-refractivity contribution in [1.82, 2.24) is 15.5 Å². The van der Waals surface area contributed by atoms with Crippen LogP contribution in [0, 0.1) is 13.8 Å². The summed E-state index contributed by atoms with van der Waals surface area (Å²) in [5, 5.41) is 13.1. The van der Waals surface area contributed by atoms with Crippen LogP contribution in [0.1, 0.15) is 32.9 Å². The third kappa shape index (κ3) is 2.13. The number of H-pyrrole nitrogens is 1. The van der Waals surface area contributed by atoms with Crippen molar-refractivity contribution in [2.75, 3.05) is 5.32 Å². The van der Waals surface area contributed by atoms with Crippen LogP contribution in [0.25, 0.3) is 0 Å². The van der Waals surface area contributed by atoms with Gasteiger partial charge < -0.3 is 10.6 Å². The summed E-state index contributed by atoms with van der Waals surface area (Å²) in [5.74, 6) is -0.0951. The van der Waals surface area contributed by atoms with Crippen molar-refractivity contribution in [2.45, 2.75) is 26.9 Å². The number of aromatic amines is 1. The lowest BCUT2D eigenvalue weighted by Gasteiger charge is -2.06. The molecule has 2 heterocycles. The highest BCUT2D eigenvalue weighted by Crippen LogP contribution is 2.20. The highest BCUT2D eigenvalue weighted by molar-refractivity contribution is 6.05. The summed E-state index contributed by atoms with van der Waals surface area (Å²) in [4.78, 5) is 12.2. The van der Waals surface area contributed by atoms with Gasteiger partial charge >= 0.3 is 0 Å². The zero-order valence-corrected chi connectivity index (χ0v) is 11.0. The van der Waals surface area contributed by atoms with Gasteiger partial charge in [0.2, 0.25) is 0 Å². The van der Waals surface area contributed by atoms with Crippen molar-refractivity contribution in [3.63, 3.8) is 0 Å². The molecule has 0 saturated carbocycles. The number of amides is 1. The lowest BCUT2D eigenvalue weighted by Crippen LogP contribution is -2.13. The van der Waals surface area contributed by atoms with E-state index in [1.807, 2.05) is 32.0 Å². The monoisotopic (exact) mass is 256 g/mol. The van der Waals surface area contributed by atoms with Crippen LogP contribution in [-0.2, 0) is 13.1 Å². The van der Waals surface area contributed by atoms with Gasteiger partial charge in [0.1, 0.15) is 0 Å². The Hall–Kier alpha value is -2.14. The molecule has 5 heteroatoms. The lowest BCUT2D eigenvalue weighted by atomic mass is 10.1. The molecule has 1 aliphatic heterocycles. The van der Waals surface area contributed by atoms with E-state index in [0.717, 1.165) is 30.2 Å². The fourth-order valence-electron chi connectivity index (χ4n) is 2.36. The number of hydrogen-bond donors (Lipinski definition) is 3. The third-order valence-corrected chi connectivity index (χ3v) is 3.47. The average Bonchev–Trinajstić information content (AvgIpc) is 2.99. The van der Waals surface area contributed by atoms with E-state index in [-0.39, 0.29) is 5.91 Å². The molecule has 5 nitrogen and oxygen atoms in total. The number of benzene rings is 1. The van der Waals surface area contributed by atoms with E-state index in [9.17, 15) is 4.79 Å². The molecule has 0 aliphatic carbocycles. The number of nitrogens with one attached hydrogen (secondary N) is 3. The second-order valence-corrected chi connectivity index (χ2v) is 4.85. The second kappa shape index (κ2) is 4.51. The minimum absolute atomic E-state index is 0.0951. The molecule has 0 radical (unpaired) electrons. The largest absolute Gasteiger partial charge is 0.319 e. The Kier molecular flexibility index (Phi) is 2.83. The Labute approximate surface area is 111 Å². The van der Waals surface area contributed by atoms with Gasteiger partial charge in [-0.2, -0.15) is 5.10 Å². The van der Waals surface area contributed by atoms with Crippen molar-refractivity contribution in [1.29, 1.82) is 0 Å². The van der Waals surface area contributed by atoms with Crippen LogP contribution >= 0.6 is 0 Å². The fraction of sp³-hybridized carbons (Fsp3) is 0.286. The van der Waals surface area contributed by atoms with E-state index >= 15 is 0 Å². The topological polar surface area (TPSA) is 69.8 Å². The molecule has 3 rings (SSSR count). The van der Waals surface area contributed by atoms with Gasteiger partial charge in [0.05, 0.1) is 17.1 Å². The van der Waals surface area contributed by atoms with Gasteiger partial charge in [-0.25, -0.2) is 0 Å². The number of anilines is 1. The Bertz CT molecular complexity index is 625. The summed E-state index contributed by atoms with van der Waals surface area (Å²) in [6, 6.07) is 5.83. The van der Waals surface area contributed by atoms with E-state index < -0.39 is 0 Å². The molecule has 0 unspecified atom stereocenters. The van der Waals surface area contributed by atoms with Crippen LogP contribution in [-0.4, -0.2) is 16.1 Å². The normalized spacial score (nSPS) is 13.4. The Morgan fingerprint density at radius 3 is 2.79 bits per heavy atom. The standard InChI is InChI=1S/C14H16N4O/c1-8-13(9(2)18-17-8)16-14(19)10-3-4-11-6-15-7-12(11)5-10/h3-5,15H,6-7H2,1-2H3,(H,16,19)(H,17,18). The van der Waals surface area contributed by atoms with E-state index in [0.29, 0.717) is 5.56 Å². The Balaban J connectivity index is 1.85. The minimum atomic E-state index is -0.0951. The maximum absolute atomic E-state index is 12.2. The Morgan fingerprint density at radius 2 is 2.05 bits per heavy atom. The van der Waals surface area contributed by atoms with Crippen LogP contribution in [0.3, 0.4) is 0 Å². The molecular formula is C14H16N4O. The molecule has 1 aromatic heterocycles. The summed E-state index contributed by atoms with van der Waals surface area (Å²) < 4.78 is 0. The smallest absolute Gasteiger partial charge is 0.255 e. The summed E-state index contributed by atoms with van der Waals surface area (Å²) in [5.41, 5.74) is 5.59. The molecule has 0 bridgehead atoms. The minimum Gasteiger partial charge on any atom is -0.319 e. The molecule has 1 aliphatic rings. The molecule has 3 N–H and O–H groups in total. The van der Waals surface area contributed by atoms with Gasteiger partial charge in [-0.05, 0) is 37.1 Å². The molecule has 19 heavy (non-hydrogen) atoms. The first kappa shape index (κ1) is 11.9. The highest BCUT2D eigenvalue weighted by atomic mass is 16.1. The number of hydrogen-bond acceptors (Lipinski definition) is 3. The van der Waals surface area contributed by atoms with Crippen LogP contribution < -0.4 is 10.6 Å². The van der Waals surface area contributed by atoms with Gasteiger partial charge in [-0.1, -0.05) is 6.07 Å². The third-order valence-electron chi connectivity index (χ3n) is 3.47. The van der Waals surface area contributed by atoms with Crippen molar-refractivity contribution < 1.29 is 4.79 Å². The average molecular weight is 256 g/mol. The predicted octanol–water partition coefficient (Wildman–Crippen LogP) is 1.88. The second-order valence-electron chi connectivity index (χ2n) is 4.85. The number of fused-ring (bicyclic) bond motifs is 1. The van der Waals surface area contributed by atoms with Crippen molar-refractivity contribution in [3.8, 4) is 0 Å². The molecule has 1 amide bonds. The number of rotatable bonds is 2. The molecular weight excluding hydrogens is 240 g/mol. The van der Waals surface area contributed by atoms with Gasteiger partial charge in [0, 0.05) is 18.7 Å². The molecule has 2 aromatic rings. The first-order valence-corrected chi connectivity index (χ1v) is 6.30. The quantitative estimate of drug-likeness (QED) is 0.768. The van der Waals surface area contributed by atoms with E-state index in [1.165, 1.54) is 11.1 Å². The van der Waals surface area contributed by atoms with Crippen molar-refractivity contribution in [2.24, 2.45) is 0 Å².